The van der Waals surface area contributed by atoms with E-state index in [9.17, 15) is 5.11 Å². The summed E-state index contributed by atoms with van der Waals surface area (Å²) >= 11 is 0. The van der Waals surface area contributed by atoms with E-state index >= 15 is 0 Å². The summed E-state index contributed by atoms with van der Waals surface area (Å²) in [6.45, 7) is 0. The maximum absolute atomic E-state index is 9.84. The lowest BCUT2D eigenvalue weighted by molar-refractivity contribution is 0.406. The standard InChI is InChI=1S/C12H12O3/c1-14-9-6-8-4-3-5-11(15-2)12(8)10(13)7-9/h3-7,13H,1-2H3. The number of methoxy groups -OCH3 is 2. The molecule has 0 unspecified atom stereocenters. The van der Waals surface area contributed by atoms with Crippen molar-refractivity contribution in [1.82, 2.24) is 0 Å². The van der Waals surface area contributed by atoms with Crippen LogP contribution in [0.25, 0.3) is 10.8 Å². The van der Waals surface area contributed by atoms with Gasteiger partial charge in [-0.15, -0.1) is 0 Å². The van der Waals surface area contributed by atoms with Gasteiger partial charge in [-0.2, -0.15) is 0 Å². The molecule has 0 spiro atoms. The molecule has 1 N–H and O–H groups in total. The summed E-state index contributed by atoms with van der Waals surface area (Å²) in [6, 6.07) is 9.02. The zero-order valence-corrected chi connectivity index (χ0v) is 8.65. The summed E-state index contributed by atoms with van der Waals surface area (Å²) in [5.41, 5.74) is 0. The fourth-order valence-electron chi connectivity index (χ4n) is 1.63. The molecule has 0 saturated carbocycles. The Morgan fingerprint density at radius 3 is 2.53 bits per heavy atom. The van der Waals surface area contributed by atoms with Crippen molar-refractivity contribution in [2.75, 3.05) is 14.2 Å². The molecular weight excluding hydrogens is 192 g/mol. The molecule has 0 bridgehead atoms. The lowest BCUT2D eigenvalue weighted by Gasteiger charge is -2.08. The van der Waals surface area contributed by atoms with Gasteiger partial charge in [0.1, 0.15) is 17.2 Å². The maximum Gasteiger partial charge on any atom is 0.130 e. The number of aromatic hydroxyl groups is 1. The number of phenols is 1. The van der Waals surface area contributed by atoms with E-state index in [0.717, 1.165) is 5.39 Å². The minimum atomic E-state index is 0.168. The number of hydrogen-bond donors (Lipinski definition) is 1. The molecule has 0 atom stereocenters. The van der Waals surface area contributed by atoms with Gasteiger partial charge in [-0.25, -0.2) is 0 Å². The molecule has 3 heteroatoms. The second kappa shape index (κ2) is 3.69. The van der Waals surface area contributed by atoms with Gasteiger partial charge in [0.15, 0.2) is 0 Å². The van der Waals surface area contributed by atoms with Gasteiger partial charge in [-0.3, -0.25) is 0 Å². The van der Waals surface area contributed by atoms with Crippen LogP contribution in [0.3, 0.4) is 0 Å². The van der Waals surface area contributed by atoms with Gasteiger partial charge >= 0.3 is 0 Å². The average Bonchev–Trinajstić information content (AvgIpc) is 2.27. The molecule has 0 radical (unpaired) electrons. The largest absolute Gasteiger partial charge is 0.507 e. The predicted octanol–water partition coefficient (Wildman–Crippen LogP) is 2.56. The highest BCUT2D eigenvalue weighted by Gasteiger charge is 2.07. The number of ether oxygens (including phenoxy) is 2. The number of rotatable bonds is 2. The summed E-state index contributed by atoms with van der Waals surface area (Å²) in [4.78, 5) is 0. The molecule has 0 aliphatic carbocycles. The summed E-state index contributed by atoms with van der Waals surface area (Å²) in [7, 11) is 3.15. The van der Waals surface area contributed by atoms with Crippen LogP contribution in [0.15, 0.2) is 30.3 Å². The highest BCUT2D eigenvalue weighted by Crippen LogP contribution is 2.36. The highest BCUT2D eigenvalue weighted by atomic mass is 16.5. The van der Waals surface area contributed by atoms with E-state index < -0.39 is 0 Å². The Morgan fingerprint density at radius 1 is 1.07 bits per heavy atom. The summed E-state index contributed by atoms with van der Waals surface area (Å²) in [5.74, 6) is 1.46. The maximum atomic E-state index is 9.84. The van der Waals surface area contributed by atoms with E-state index in [1.807, 2.05) is 24.3 Å². The molecule has 2 aromatic carbocycles. The second-order valence-electron chi connectivity index (χ2n) is 3.20. The van der Waals surface area contributed by atoms with E-state index in [1.54, 1.807) is 20.3 Å². The molecule has 0 aliphatic rings. The van der Waals surface area contributed by atoms with Crippen molar-refractivity contribution in [1.29, 1.82) is 0 Å². The molecular formula is C12H12O3. The normalized spacial score (nSPS) is 10.3. The lowest BCUT2D eigenvalue weighted by atomic mass is 10.1. The Labute approximate surface area is 87.9 Å². The van der Waals surface area contributed by atoms with Crippen LogP contribution in [-0.4, -0.2) is 19.3 Å². The van der Waals surface area contributed by atoms with E-state index in [1.165, 1.54) is 0 Å². The quantitative estimate of drug-likeness (QED) is 0.817. The Hall–Kier alpha value is -1.90. The third-order valence-electron chi connectivity index (χ3n) is 2.35. The topological polar surface area (TPSA) is 38.7 Å². The van der Waals surface area contributed by atoms with Crippen LogP contribution < -0.4 is 9.47 Å². The van der Waals surface area contributed by atoms with Gasteiger partial charge in [0.2, 0.25) is 0 Å². The molecule has 0 aromatic heterocycles. The van der Waals surface area contributed by atoms with Crippen molar-refractivity contribution in [3.8, 4) is 17.2 Å². The zero-order chi connectivity index (χ0) is 10.8. The van der Waals surface area contributed by atoms with Crippen molar-refractivity contribution < 1.29 is 14.6 Å². The van der Waals surface area contributed by atoms with Crippen LogP contribution in [0.5, 0.6) is 17.2 Å². The Bertz CT molecular complexity index is 491. The Balaban J connectivity index is 2.78. The minimum Gasteiger partial charge on any atom is -0.507 e. The van der Waals surface area contributed by atoms with Crippen molar-refractivity contribution in [2.45, 2.75) is 0 Å². The van der Waals surface area contributed by atoms with Gasteiger partial charge < -0.3 is 14.6 Å². The van der Waals surface area contributed by atoms with Gasteiger partial charge in [0.05, 0.1) is 19.6 Å². The Kier molecular flexibility index (Phi) is 2.37. The lowest BCUT2D eigenvalue weighted by Crippen LogP contribution is -1.87. The summed E-state index contributed by atoms with van der Waals surface area (Å²) < 4.78 is 10.3. The molecule has 0 saturated heterocycles. The number of phenolic OH excluding ortho intramolecular Hbond substituents is 1. The van der Waals surface area contributed by atoms with Crippen LogP contribution in [0.4, 0.5) is 0 Å². The van der Waals surface area contributed by atoms with E-state index in [0.29, 0.717) is 16.9 Å². The van der Waals surface area contributed by atoms with Crippen LogP contribution in [0.2, 0.25) is 0 Å². The SMILES string of the molecule is COc1cc(O)c2c(OC)cccc2c1. The first kappa shape index (κ1) is 9.65. The van der Waals surface area contributed by atoms with Crippen LogP contribution in [0, 0.1) is 0 Å². The summed E-state index contributed by atoms with van der Waals surface area (Å²) in [5, 5.41) is 11.4. The molecule has 78 valence electrons. The summed E-state index contributed by atoms with van der Waals surface area (Å²) in [6.07, 6.45) is 0. The van der Waals surface area contributed by atoms with Gasteiger partial charge in [0.25, 0.3) is 0 Å². The fourth-order valence-corrected chi connectivity index (χ4v) is 1.63. The van der Waals surface area contributed by atoms with Crippen LogP contribution in [-0.2, 0) is 0 Å². The molecule has 0 fully saturated rings. The van der Waals surface area contributed by atoms with Crippen molar-refractivity contribution in [2.24, 2.45) is 0 Å². The molecule has 2 rings (SSSR count). The molecule has 15 heavy (non-hydrogen) atoms. The number of fused-ring (bicyclic) bond motifs is 1. The third kappa shape index (κ3) is 1.56. The number of benzene rings is 2. The van der Waals surface area contributed by atoms with E-state index in [4.69, 9.17) is 9.47 Å². The molecule has 0 aliphatic heterocycles. The van der Waals surface area contributed by atoms with Crippen molar-refractivity contribution in [3.05, 3.63) is 30.3 Å². The minimum absolute atomic E-state index is 0.168. The van der Waals surface area contributed by atoms with Crippen molar-refractivity contribution >= 4 is 10.8 Å². The average molecular weight is 204 g/mol. The van der Waals surface area contributed by atoms with Gasteiger partial charge in [-0.05, 0) is 17.5 Å². The van der Waals surface area contributed by atoms with E-state index in [2.05, 4.69) is 0 Å². The predicted molar refractivity (Wildman–Crippen MR) is 58.7 cm³/mol. The van der Waals surface area contributed by atoms with Crippen LogP contribution in [0.1, 0.15) is 0 Å². The van der Waals surface area contributed by atoms with Gasteiger partial charge in [0, 0.05) is 6.07 Å². The number of hydrogen-bond acceptors (Lipinski definition) is 3. The first-order valence-electron chi connectivity index (χ1n) is 4.60. The first-order chi connectivity index (χ1) is 7.26. The Morgan fingerprint density at radius 2 is 1.87 bits per heavy atom. The highest BCUT2D eigenvalue weighted by molar-refractivity contribution is 5.94. The molecule has 2 aromatic rings. The van der Waals surface area contributed by atoms with Crippen LogP contribution >= 0.6 is 0 Å². The van der Waals surface area contributed by atoms with Crippen molar-refractivity contribution in [3.63, 3.8) is 0 Å². The molecule has 3 nitrogen and oxygen atoms in total. The van der Waals surface area contributed by atoms with Gasteiger partial charge in [-0.1, -0.05) is 12.1 Å². The first-order valence-corrected chi connectivity index (χ1v) is 4.60. The second-order valence-corrected chi connectivity index (χ2v) is 3.20. The van der Waals surface area contributed by atoms with E-state index in [-0.39, 0.29) is 5.75 Å². The fraction of sp³-hybridized carbons (Fsp3) is 0.167. The molecule has 0 amide bonds. The zero-order valence-electron chi connectivity index (χ0n) is 8.65. The molecule has 0 heterocycles. The third-order valence-corrected chi connectivity index (χ3v) is 2.35. The smallest absolute Gasteiger partial charge is 0.130 e. The monoisotopic (exact) mass is 204 g/mol.